The van der Waals surface area contributed by atoms with Gasteiger partial charge in [0.2, 0.25) is 0 Å². The Labute approximate surface area is 45.6 Å². The number of hydrogen-bond donors (Lipinski definition) is 1. The zero-order valence-electron chi connectivity index (χ0n) is 4.11. The predicted molar refractivity (Wildman–Crippen MR) is 31.8 cm³/mol. The summed E-state index contributed by atoms with van der Waals surface area (Å²) >= 11 is 0. The maximum Gasteiger partial charge on any atom is 0.0679 e. The van der Waals surface area contributed by atoms with Crippen LogP contribution in [-0.2, 0) is 4.84 Å². The summed E-state index contributed by atoms with van der Waals surface area (Å²) in [7, 11) is 0. The monoisotopic (exact) mass is 105 g/mol. The molecule has 2 nitrogen and oxygen atoms in total. The minimum absolute atomic E-state index is 0. The van der Waals surface area contributed by atoms with Crippen molar-refractivity contribution in [2.75, 3.05) is 6.61 Å². The summed E-state index contributed by atoms with van der Waals surface area (Å²) in [6.45, 7) is 2.79. The third-order valence-electron chi connectivity index (χ3n) is 0.616. The van der Waals surface area contributed by atoms with Gasteiger partial charge in [-0.25, -0.2) is 5.90 Å². The molecule has 2 heteroatoms. The zero-order chi connectivity index (χ0) is 4.83. The van der Waals surface area contributed by atoms with E-state index in [2.05, 4.69) is 11.8 Å². The molecule has 0 unspecified atom stereocenters. The molecule has 0 radical (unpaired) electrons. The van der Waals surface area contributed by atoms with Crippen LogP contribution in [0.4, 0.5) is 0 Å². The summed E-state index contributed by atoms with van der Waals surface area (Å²) in [5.41, 5.74) is 0. The van der Waals surface area contributed by atoms with Gasteiger partial charge >= 0.3 is 0 Å². The lowest BCUT2D eigenvalue weighted by Gasteiger charge is -1.88. The van der Waals surface area contributed by atoms with Gasteiger partial charge in [0.05, 0.1) is 6.61 Å². The largest absolute Gasteiger partial charge is 0.305 e. The van der Waals surface area contributed by atoms with Crippen molar-refractivity contribution in [3.63, 3.8) is 0 Å². The molecule has 0 saturated carbocycles. The van der Waals surface area contributed by atoms with E-state index < -0.39 is 0 Å². The molecule has 0 aromatic heterocycles. The highest BCUT2D eigenvalue weighted by atomic mass is 16.6. The molecule has 0 aliphatic carbocycles. The molecule has 0 fully saturated rings. The average molecular weight is 105 g/mol. The van der Waals surface area contributed by atoms with Crippen LogP contribution >= 0.6 is 0 Å². The molecule has 0 aromatic carbocycles. The van der Waals surface area contributed by atoms with Gasteiger partial charge in [-0.1, -0.05) is 20.8 Å². The van der Waals surface area contributed by atoms with Crippen LogP contribution in [0.2, 0.25) is 0 Å². The van der Waals surface area contributed by atoms with Crippen LogP contribution in [-0.4, -0.2) is 6.61 Å². The molecule has 46 valence electrons. The number of unbranched alkanes of at least 4 members (excludes halogenated alkanes) is 1. The van der Waals surface area contributed by atoms with E-state index >= 15 is 0 Å². The molecule has 0 aromatic rings. The summed E-state index contributed by atoms with van der Waals surface area (Å²) in [6.07, 6.45) is 2.22. The van der Waals surface area contributed by atoms with Crippen LogP contribution < -0.4 is 5.90 Å². The first-order valence-electron chi connectivity index (χ1n) is 2.23. The Bertz CT molecular complexity index is 20.0. The quantitative estimate of drug-likeness (QED) is 0.434. The first kappa shape index (κ1) is 10.0. The fourth-order valence-corrected chi connectivity index (χ4v) is 0.228. The first-order chi connectivity index (χ1) is 2.91. The van der Waals surface area contributed by atoms with E-state index in [1.807, 2.05) is 0 Å². The Kier molecular flexibility index (Phi) is 13.3. The van der Waals surface area contributed by atoms with Crippen LogP contribution in [0.25, 0.3) is 0 Å². The van der Waals surface area contributed by atoms with Crippen molar-refractivity contribution in [3.05, 3.63) is 0 Å². The Morgan fingerprint density at radius 1 is 1.57 bits per heavy atom. The standard InChI is InChI=1S/C4H11NO.CH4/c1-2-3-4-6-5;/h2-5H2,1H3;1H4. The van der Waals surface area contributed by atoms with Gasteiger partial charge in [-0.05, 0) is 6.42 Å². The molecule has 0 atom stereocenters. The molecular formula is C5H15NO. The Balaban J connectivity index is 0. The van der Waals surface area contributed by atoms with E-state index in [9.17, 15) is 0 Å². The lowest BCUT2D eigenvalue weighted by Crippen LogP contribution is -1.99. The Morgan fingerprint density at radius 3 is 2.29 bits per heavy atom. The van der Waals surface area contributed by atoms with Crippen LogP contribution in [0, 0.1) is 0 Å². The fourth-order valence-electron chi connectivity index (χ4n) is 0.228. The third-order valence-corrected chi connectivity index (χ3v) is 0.616. The fraction of sp³-hybridized carbons (Fsp3) is 1.00. The minimum Gasteiger partial charge on any atom is -0.305 e. The average Bonchev–Trinajstić information content (AvgIpc) is 1.61. The van der Waals surface area contributed by atoms with Gasteiger partial charge in [-0.2, -0.15) is 0 Å². The lowest BCUT2D eigenvalue weighted by atomic mass is 10.4. The highest BCUT2D eigenvalue weighted by molar-refractivity contribution is 4.25. The molecule has 0 spiro atoms. The second kappa shape index (κ2) is 9.33. The van der Waals surface area contributed by atoms with Crippen LogP contribution in [0.1, 0.15) is 27.2 Å². The summed E-state index contributed by atoms with van der Waals surface area (Å²) in [5.74, 6) is 4.71. The summed E-state index contributed by atoms with van der Waals surface area (Å²) in [6, 6.07) is 0. The highest BCUT2D eigenvalue weighted by Gasteiger charge is 1.75. The van der Waals surface area contributed by atoms with Gasteiger partial charge in [-0.3, -0.25) is 0 Å². The second-order valence-electron chi connectivity index (χ2n) is 1.22. The summed E-state index contributed by atoms with van der Waals surface area (Å²) < 4.78 is 0. The van der Waals surface area contributed by atoms with E-state index in [0.29, 0.717) is 6.61 Å². The second-order valence-corrected chi connectivity index (χ2v) is 1.22. The van der Waals surface area contributed by atoms with Gasteiger partial charge in [0, 0.05) is 0 Å². The minimum atomic E-state index is 0. The summed E-state index contributed by atoms with van der Waals surface area (Å²) in [4.78, 5) is 4.28. The van der Waals surface area contributed by atoms with Crippen molar-refractivity contribution >= 4 is 0 Å². The van der Waals surface area contributed by atoms with Crippen molar-refractivity contribution in [3.8, 4) is 0 Å². The lowest BCUT2D eigenvalue weighted by molar-refractivity contribution is 0.135. The molecule has 0 aliphatic heterocycles. The normalized spacial score (nSPS) is 7.71. The van der Waals surface area contributed by atoms with Crippen LogP contribution in [0.5, 0.6) is 0 Å². The molecule has 0 heterocycles. The molecule has 2 N–H and O–H groups in total. The van der Waals surface area contributed by atoms with Gasteiger partial charge in [-0.15, -0.1) is 0 Å². The van der Waals surface area contributed by atoms with E-state index in [1.165, 1.54) is 0 Å². The zero-order valence-corrected chi connectivity index (χ0v) is 4.11. The molecule has 7 heavy (non-hydrogen) atoms. The van der Waals surface area contributed by atoms with Crippen molar-refractivity contribution in [2.45, 2.75) is 27.2 Å². The van der Waals surface area contributed by atoms with E-state index in [-0.39, 0.29) is 7.43 Å². The van der Waals surface area contributed by atoms with E-state index in [4.69, 9.17) is 5.90 Å². The number of nitrogens with two attached hydrogens (primary N) is 1. The van der Waals surface area contributed by atoms with Crippen LogP contribution in [0.3, 0.4) is 0 Å². The Morgan fingerprint density at radius 2 is 2.14 bits per heavy atom. The van der Waals surface area contributed by atoms with Crippen molar-refractivity contribution in [1.29, 1.82) is 0 Å². The smallest absolute Gasteiger partial charge is 0.0679 e. The predicted octanol–water partition coefficient (Wildman–Crippen LogP) is 1.31. The van der Waals surface area contributed by atoms with Crippen LogP contribution in [0.15, 0.2) is 0 Å². The highest BCUT2D eigenvalue weighted by Crippen LogP contribution is 1.82. The maximum atomic E-state index is 4.71. The molecule has 0 bridgehead atoms. The van der Waals surface area contributed by atoms with Gasteiger partial charge in [0.25, 0.3) is 0 Å². The van der Waals surface area contributed by atoms with Gasteiger partial charge in [0.1, 0.15) is 0 Å². The first-order valence-corrected chi connectivity index (χ1v) is 2.23. The topological polar surface area (TPSA) is 35.2 Å². The molecular weight excluding hydrogens is 90.1 g/mol. The van der Waals surface area contributed by atoms with Crippen molar-refractivity contribution in [1.82, 2.24) is 0 Å². The van der Waals surface area contributed by atoms with Crippen molar-refractivity contribution < 1.29 is 4.84 Å². The molecule has 0 saturated heterocycles. The molecule has 0 rings (SSSR count). The van der Waals surface area contributed by atoms with E-state index in [0.717, 1.165) is 12.8 Å². The van der Waals surface area contributed by atoms with Crippen molar-refractivity contribution in [2.24, 2.45) is 5.90 Å². The molecule has 0 amide bonds. The Hall–Kier alpha value is -0.0800. The van der Waals surface area contributed by atoms with E-state index in [1.54, 1.807) is 0 Å². The van der Waals surface area contributed by atoms with Gasteiger partial charge in [0.15, 0.2) is 0 Å². The van der Waals surface area contributed by atoms with Gasteiger partial charge < -0.3 is 4.84 Å². The number of rotatable bonds is 3. The number of hydrogen-bond acceptors (Lipinski definition) is 2. The summed E-state index contributed by atoms with van der Waals surface area (Å²) in [5, 5.41) is 0. The molecule has 0 aliphatic rings. The SMILES string of the molecule is C.CCCCON. The maximum absolute atomic E-state index is 4.71. The third kappa shape index (κ3) is 10.7.